The number of rotatable bonds is 11. The van der Waals surface area contributed by atoms with Crippen LogP contribution in [0.4, 0.5) is 0 Å². The molecule has 2 rings (SSSR count). The molecule has 1 amide bonds. The molecule has 0 saturated carbocycles. The zero-order valence-corrected chi connectivity index (χ0v) is 17.4. The lowest BCUT2D eigenvalue weighted by Crippen LogP contribution is -2.32. The van der Waals surface area contributed by atoms with Crippen molar-refractivity contribution in [3.05, 3.63) is 72.0 Å². The van der Waals surface area contributed by atoms with Crippen LogP contribution in [0.2, 0.25) is 0 Å². The number of carbonyl (C=O) groups excluding carboxylic acids is 1. The summed E-state index contributed by atoms with van der Waals surface area (Å²) in [6, 6.07) is 16.5. The van der Waals surface area contributed by atoms with Gasteiger partial charge in [-0.1, -0.05) is 62.7 Å². The number of hydrogen-bond acceptors (Lipinski definition) is 4. The quantitative estimate of drug-likeness (QED) is 0.418. The van der Waals surface area contributed by atoms with Crippen molar-refractivity contribution in [1.29, 1.82) is 0 Å². The Morgan fingerprint density at radius 2 is 1.79 bits per heavy atom. The van der Waals surface area contributed by atoms with Crippen molar-refractivity contribution < 1.29 is 19.4 Å². The Kier molecular flexibility index (Phi) is 9.25. The zero-order valence-electron chi connectivity index (χ0n) is 17.4. The van der Waals surface area contributed by atoms with Gasteiger partial charge in [0.05, 0.1) is 31.1 Å². The summed E-state index contributed by atoms with van der Waals surface area (Å²) in [7, 11) is 1.59. The predicted molar refractivity (Wildman–Crippen MR) is 116 cm³/mol. The largest absolute Gasteiger partial charge is 0.515 e. The van der Waals surface area contributed by atoms with Crippen molar-refractivity contribution in [3.63, 3.8) is 0 Å². The molecular formula is C24H31NO4. The number of amides is 1. The van der Waals surface area contributed by atoms with Gasteiger partial charge in [0.1, 0.15) is 5.75 Å². The summed E-state index contributed by atoms with van der Waals surface area (Å²) in [6.45, 7) is 5.31. The fraction of sp³-hybridized carbons (Fsp3) is 0.375. The second kappa shape index (κ2) is 11.9. The van der Waals surface area contributed by atoms with E-state index >= 15 is 0 Å². The van der Waals surface area contributed by atoms with E-state index in [1.165, 1.54) is 0 Å². The van der Waals surface area contributed by atoms with Crippen LogP contribution in [0, 0.1) is 5.92 Å². The summed E-state index contributed by atoms with van der Waals surface area (Å²) in [6.07, 6.45) is 3.10. The van der Waals surface area contributed by atoms with Crippen LogP contribution in [0.15, 0.2) is 60.9 Å². The molecule has 0 saturated heterocycles. The first-order chi connectivity index (χ1) is 14.1. The number of ether oxygens (including phenoxy) is 2. The summed E-state index contributed by atoms with van der Waals surface area (Å²) in [4.78, 5) is 12.8. The summed E-state index contributed by atoms with van der Waals surface area (Å²) in [5, 5.41) is 12.6. The Morgan fingerprint density at radius 3 is 2.38 bits per heavy atom. The lowest BCUT2D eigenvalue weighted by molar-refractivity contribution is -0.116. The molecule has 0 aromatic heterocycles. The maximum absolute atomic E-state index is 12.8. The lowest BCUT2D eigenvalue weighted by atomic mass is 10.0. The fourth-order valence-corrected chi connectivity index (χ4v) is 3.12. The van der Waals surface area contributed by atoms with Crippen molar-refractivity contribution in [2.24, 2.45) is 5.92 Å². The van der Waals surface area contributed by atoms with Gasteiger partial charge in [0, 0.05) is 7.11 Å². The van der Waals surface area contributed by atoms with Crippen molar-refractivity contribution in [3.8, 4) is 5.75 Å². The highest BCUT2D eigenvalue weighted by molar-refractivity contribution is 6.19. The minimum absolute atomic E-state index is 0.188. The molecule has 2 unspecified atom stereocenters. The Hall–Kier alpha value is -2.79. The molecule has 5 heteroatoms. The minimum Gasteiger partial charge on any atom is -0.515 e. The average molecular weight is 398 g/mol. The molecule has 2 aromatic rings. The first-order valence-corrected chi connectivity index (χ1v) is 10.0. The van der Waals surface area contributed by atoms with E-state index in [4.69, 9.17) is 9.47 Å². The highest BCUT2D eigenvalue weighted by atomic mass is 16.5. The van der Waals surface area contributed by atoms with Crippen molar-refractivity contribution in [1.82, 2.24) is 5.32 Å². The molecular weight excluding hydrogens is 366 g/mol. The van der Waals surface area contributed by atoms with Crippen LogP contribution in [0.25, 0.3) is 5.57 Å². The van der Waals surface area contributed by atoms with E-state index in [1.54, 1.807) is 19.2 Å². The topological polar surface area (TPSA) is 67.8 Å². The van der Waals surface area contributed by atoms with E-state index in [0.717, 1.165) is 30.4 Å². The van der Waals surface area contributed by atoms with E-state index in [-0.39, 0.29) is 17.5 Å². The Labute approximate surface area is 173 Å². The number of benzene rings is 2. The van der Waals surface area contributed by atoms with Crippen LogP contribution in [-0.2, 0) is 9.53 Å². The van der Waals surface area contributed by atoms with Crippen LogP contribution in [0.5, 0.6) is 5.75 Å². The second-order valence-electron chi connectivity index (χ2n) is 7.16. The van der Waals surface area contributed by atoms with E-state index in [0.29, 0.717) is 24.7 Å². The standard InChI is InChI=1S/C24H31NO4/c1-4-8-18(2)16-29-21-13-11-19(12-14-21)22(15-26)24(27)25-23(17-28-3)20-9-6-5-7-10-20/h5-7,9-15,18,23,26H,4,8,16-17H2,1-3H3,(H,25,27). The minimum atomic E-state index is -0.372. The van der Waals surface area contributed by atoms with Gasteiger partial charge in [0.2, 0.25) is 0 Å². The van der Waals surface area contributed by atoms with E-state index in [1.807, 2.05) is 42.5 Å². The summed E-state index contributed by atoms with van der Waals surface area (Å²) in [5.74, 6) is 0.869. The van der Waals surface area contributed by atoms with Gasteiger partial charge in [-0.15, -0.1) is 0 Å². The number of aliphatic hydroxyl groups is 1. The predicted octanol–water partition coefficient (Wildman–Crippen LogP) is 4.90. The monoisotopic (exact) mass is 397 g/mol. The molecule has 0 bridgehead atoms. The first kappa shape index (κ1) is 22.5. The number of hydrogen-bond donors (Lipinski definition) is 2. The van der Waals surface area contributed by atoms with Gasteiger partial charge < -0.3 is 19.9 Å². The SMILES string of the molecule is CCCC(C)COc1ccc(C(=CO)C(=O)NC(COC)c2ccccc2)cc1. The molecule has 2 aromatic carbocycles. The molecule has 5 nitrogen and oxygen atoms in total. The van der Waals surface area contributed by atoms with Gasteiger partial charge in [-0.3, -0.25) is 4.79 Å². The van der Waals surface area contributed by atoms with Crippen molar-refractivity contribution >= 4 is 11.5 Å². The molecule has 29 heavy (non-hydrogen) atoms. The molecule has 0 fully saturated rings. The summed E-state index contributed by atoms with van der Waals surface area (Å²) in [5.41, 5.74) is 1.74. The van der Waals surface area contributed by atoms with Gasteiger partial charge in [-0.05, 0) is 35.6 Å². The molecule has 0 heterocycles. The molecule has 156 valence electrons. The van der Waals surface area contributed by atoms with Crippen molar-refractivity contribution in [2.75, 3.05) is 20.3 Å². The van der Waals surface area contributed by atoms with E-state index < -0.39 is 0 Å². The highest BCUT2D eigenvalue weighted by Gasteiger charge is 2.19. The number of methoxy groups -OCH3 is 1. The van der Waals surface area contributed by atoms with Crippen LogP contribution in [-0.4, -0.2) is 31.3 Å². The summed E-state index contributed by atoms with van der Waals surface area (Å²) < 4.78 is 11.0. The third-order valence-electron chi connectivity index (χ3n) is 4.70. The van der Waals surface area contributed by atoms with Gasteiger partial charge in [-0.2, -0.15) is 0 Å². The third-order valence-corrected chi connectivity index (χ3v) is 4.70. The molecule has 0 radical (unpaired) electrons. The van der Waals surface area contributed by atoms with Crippen LogP contribution < -0.4 is 10.1 Å². The number of aliphatic hydroxyl groups excluding tert-OH is 1. The normalized spacial score (nSPS) is 13.6. The van der Waals surface area contributed by atoms with Gasteiger partial charge >= 0.3 is 0 Å². The molecule has 0 spiro atoms. The lowest BCUT2D eigenvalue weighted by Gasteiger charge is -2.19. The smallest absolute Gasteiger partial charge is 0.255 e. The van der Waals surface area contributed by atoms with Crippen molar-refractivity contribution in [2.45, 2.75) is 32.7 Å². The van der Waals surface area contributed by atoms with E-state index in [9.17, 15) is 9.90 Å². The Bertz CT molecular complexity index is 771. The first-order valence-electron chi connectivity index (χ1n) is 10.0. The molecule has 2 N–H and O–H groups in total. The molecule has 2 atom stereocenters. The Morgan fingerprint density at radius 1 is 1.10 bits per heavy atom. The van der Waals surface area contributed by atoms with Crippen LogP contribution in [0.3, 0.4) is 0 Å². The highest BCUT2D eigenvalue weighted by Crippen LogP contribution is 2.21. The third kappa shape index (κ3) is 6.95. The second-order valence-corrected chi connectivity index (χ2v) is 7.16. The van der Waals surface area contributed by atoms with Crippen LogP contribution in [0.1, 0.15) is 43.9 Å². The average Bonchev–Trinajstić information content (AvgIpc) is 2.74. The Balaban J connectivity index is 2.05. The number of nitrogens with one attached hydrogen (secondary N) is 1. The molecule has 0 aliphatic rings. The van der Waals surface area contributed by atoms with Gasteiger partial charge in [0.15, 0.2) is 0 Å². The maximum atomic E-state index is 12.8. The van der Waals surface area contributed by atoms with Gasteiger partial charge in [0.25, 0.3) is 5.91 Å². The molecule has 0 aliphatic carbocycles. The fourth-order valence-electron chi connectivity index (χ4n) is 3.12. The van der Waals surface area contributed by atoms with Gasteiger partial charge in [-0.25, -0.2) is 0 Å². The zero-order chi connectivity index (χ0) is 21.1. The van der Waals surface area contributed by atoms with E-state index in [2.05, 4.69) is 19.2 Å². The summed E-state index contributed by atoms with van der Waals surface area (Å²) >= 11 is 0. The van der Waals surface area contributed by atoms with Crippen LogP contribution >= 0.6 is 0 Å². The molecule has 0 aliphatic heterocycles. The number of carbonyl (C=O) groups is 1. The maximum Gasteiger partial charge on any atom is 0.255 e.